The van der Waals surface area contributed by atoms with E-state index < -0.39 is 0 Å². The molecule has 4 nitrogen and oxygen atoms in total. The van der Waals surface area contributed by atoms with Gasteiger partial charge in [-0.3, -0.25) is 4.79 Å². The van der Waals surface area contributed by atoms with Crippen molar-refractivity contribution < 1.29 is 4.79 Å². The van der Waals surface area contributed by atoms with Crippen LogP contribution in [0.1, 0.15) is 35.2 Å². The number of amides is 1. The van der Waals surface area contributed by atoms with Crippen LogP contribution >= 0.6 is 0 Å². The Balaban J connectivity index is 1.54. The van der Waals surface area contributed by atoms with E-state index in [1.807, 2.05) is 12.1 Å². The van der Waals surface area contributed by atoms with E-state index in [1.54, 1.807) is 12.1 Å². The molecule has 4 N–H and O–H groups in total. The predicted molar refractivity (Wildman–Crippen MR) is 79.4 cm³/mol. The fourth-order valence-electron chi connectivity index (χ4n) is 3.55. The SMILES string of the molecule is NC(=O)c1ccc(CCN2CC(N)C3(CCC3)C2)cc1. The van der Waals surface area contributed by atoms with Gasteiger partial charge in [-0.25, -0.2) is 0 Å². The first-order valence-corrected chi connectivity index (χ1v) is 7.46. The van der Waals surface area contributed by atoms with Crippen LogP contribution in [0.2, 0.25) is 0 Å². The highest BCUT2D eigenvalue weighted by Crippen LogP contribution is 2.47. The molecule has 108 valence electrons. The number of rotatable bonds is 4. The third-order valence-electron chi connectivity index (χ3n) is 5.08. The maximum absolute atomic E-state index is 11.0. The van der Waals surface area contributed by atoms with Gasteiger partial charge in [-0.2, -0.15) is 0 Å². The molecule has 4 heteroatoms. The third-order valence-corrected chi connectivity index (χ3v) is 5.08. The highest BCUT2D eigenvalue weighted by Gasteiger charge is 2.48. The predicted octanol–water partition coefficient (Wildman–Crippen LogP) is 1.14. The van der Waals surface area contributed by atoms with Crippen molar-refractivity contribution in [3.63, 3.8) is 0 Å². The molecule has 1 amide bonds. The van der Waals surface area contributed by atoms with E-state index in [0.717, 1.165) is 26.1 Å². The summed E-state index contributed by atoms with van der Waals surface area (Å²) in [5.41, 5.74) is 13.8. The lowest BCUT2D eigenvalue weighted by Crippen LogP contribution is -2.45. The zero-order chi connectivity index (χ0) is 14.2. The Morgan fingerprint density at radius 1 is 1.30 bits per heavy atom. The highest BCUT2D eigenvalue weighted by molar-refractivity contribution is 5.92. The molecule has 0 aromatic heterocycles. The van der Waals surface area contributed by atoms with Crippen molar-refractivity contribution in [2.75, 3.05) is 19.6 Å². The lowest BCUT2D eigenvalue weighted by Gasteiger charge is -2.41. The molecule has 1 aliphatic heterocycles. The number of nitrogens with zero attached hydrogens (tertiary/aromatic N) is 1. The van der Waals surface area contributed by atoms with E-state index in [-0.39, 0.29) is 5.91 Å². The van der Waals surface area contributed by atoms with Gasteiger partial charge in [0.05, 0.1) is 0 Å². The van der Waals surface area contributed by atoms with Crippen LogP contribution in [-0.2, 0) is 6.42 Å². The van der Waals surface area contributed by atoms with Crippen molar-refractivity contribution in [1.82, 2.24) is 4.90 Å². The standard InChI is InChI=1S/C16H23N3O/c17-14-10-19(11-16(14)7-1-8-16)9-6-12-2-4-13(5-3-12)15(18)20/h2-5,14H,1,6-11,17H2,(H2,18,20). The van der Waals surface area contributed by atoms with Crippen LogP contribution in [-0.4, -0.2) is 36.5 Å². The van der Waals surface area contributed by atoms with Gasteiger partial charge in [-0.15, -0.1) is 0 Å². The first-order chi connectivity index (χ1) is 9.59. The van der Waals surface area contributed by atoms with Crippen LogP contribution in [0.25, 0.3) is 0 Å². The van der Waals surface area contributed by atoms with Crippen molar-refractivity contribution >= 4 is 5.91 Å². The van der Waals surface area contributed by atoms with Gasteiger partial charge in [0.25, 0.3) is 0 Å². The molecule has 3 rings (SSSR count). The molecule has 1 saturated carbocycles. The Kier molecular flexibility index (Phi) is 3.52. The summed E-state index contributed by atoms with van der Waals surface area (Å²) in [5, 5.41) is 0. The summed E-state index contributed by atoms with van der Waals surface area (Å²) in [5.74, 6) is -0.367. The molecule has 1 aliphatic carbocycles. The zero-order valence-electron chi connectivity index (χ0n) is 11.8. The maximum atomic E-state index is 11.0. The monoisotopic (exact) mass is 273 g/mol. The molecule has 1 heterocycles. The van der Waals surface area contributed by atoms with E-state index in [9.17, 15) is 4.79 Å². The smallest absolute Gasteiger partial charge is 0.248 e. The van der Waals surface area contributed by atoms with Crippen molar-refractivity contribution in [1.29, 1.82) is 0 Å². The number of carbonyl (C=O) groups is 1. The molecule has 1 aromatic rings. The van der Waals surface area contributed by atoms with Crippen LogP contribution in [0, 0.1) is 5.41 Å². The Labute approximate surface area is 120 Å². The fraction of sp³-hybridized carbons (Fsp3) is 0.562. The molecule has 2 aliphatic rings. The van der Waals surface area contributed by atoms with Crippen LogP contribution in [0.3, 0.4) is 0 Å². The van der Waals surface area contributed by atoms with Crippen molar-refractivity contribution in [2.24, 2.45) is 16.9 Å². The van der Waals surface area contributed by atoms with Crippen molar-refractivity contribution in [3.05, 3.63) is 35.4 Å². The maximum Gasteiger partial charge on any atom is 0.248 e. The molecule has 1 spiro atoms. The summed E-state index contributed by atoms with van der Waals surface area (Å²) in [7, 11) is 0. The second kappa shape index (κ2) is 5.19. The van der Waals surface area contributed by atoms with Gasteiger partial charge in [0.1, 0.15) is 0 Å². The van der Waals surface area contributed by atoms with Gasteiger partial charge in [-0.05, 0) is 42.4 Å². The average molecular weight is 273 g/mol. The minimum absolute atomic E-state index is 0.355. The quantitative estimate of drug-likeness (QED) is 0.864. The van der Waals surface area contributed by atoms with Crippen LogP contribution in [0.15, 0.2) is 24.3 Å². The first kappa shape index (κ1) is 13.6. The minimum Gasteiger partial charge on any atom is -0.366 e. The lowest BCUT2D eigenvalue weighted by molar-refractivity contribution is 0.100. The average Bonchev–Trinajstić information content (AvgIpc) is 2.74. The number of hydrogen-bond acceptors (Lipinski definition) is 3. The molecule has 1 atom stereocenters. The van der Waals surface area contributed by atoms with E-state index in [0.29, 0.717) is 17.0 Å². The Bertz CT molecular complexity index is 493. The largest absolute Gasteiger partial charge is 0.366 e. The number of primary amides is 1. The van der Waals surface area contributed by atoms with Crippen molar-refractivity contribution in [3.8, 4) is 0 Å². The lowest BCUT2D eigenvalue weighted by atomic mass is 9.66. The summed E-state index contributed by atoms with van der Waals surface area (Å²) in [6.07, 6.45) is 4.95. The molecular formula is C16H23N3O. The Morgan fingerprint density at radius 3 is 2.50 bits per heavy atom. The van der Waals surface area contributed by atoms with Gasteiger partial charge >= 0.3 is 0 Å². The van der Waals surface area contributed by atoms with Crippen LogP contribution in [0.4, 0.5) is 0 Å². The van der Waals surface area contributed by atoms with Crippen molar-refractivity contribution in [2.45, 2.75) is 31.7 Å². The first-order valence-electron chi connectivity index (χ1n) is 7.46. The number of carbonyl (C=O) groups excluding carboxylic acids is 1. The Morgan fingerprint density at radius 2 is 2.00 bits per heavy atom. The topological polar surface area (TPSA) is 72.4 Å². The number of likely N-dealkylation sites (tertiary alicyclic amines) is 1. The summed E-state index contributed by atoms with van der Waals surface area (Å²) in [6, 6.07) is 7.96. The Hall–Kier alpha value is -1.39. The number of nitrogens with two attached hydrogens (primary N) is 2. The summed E-state index contributed by atoms with van der Waals surface area (Å²) < 4.78 is 0. The second-order valence-corrected chi connectivity index (χ2v) is 6.37. The highest BCUT2D eigenvalue weighted by atomic mass is 16.1. The fourth-order valence-corrected chi connectivity index (χ4v) is 3.55. The summed E-state index contributed by atoms with van der Waals surface area (Å²) in [6.45, 7) is 3.23. The van der Waals surface area contributed by atoms with Gasteiger partial charge in [-0.1, -0.05) is 18.6 Å². The molecule has 20 heavy (non-hydrogen) atoms. The second-order valence-electron chi connectivity index (χ2n) is 6.37. The molecule has 1 unspecified atom stereocenters. The number of hydrogen-bond donors (Lipinski definition) is 2. The van der Waals surface area contributed by atoms with Gasteiger partial charge < -0.3 is 16.4 Å². The molecular weight excluding hydrogens is 250 g/mol. The van der Waals surface area contributed by atoms with Crippen LogP contribution in [0.5, 0.6) is 0 Å². The third kappa shape index (κ3) is 2.45. The molecule has 1 aromatic carbocycles. The van der Waals surface area contributed by atoms with E-state index in [4.69, 9.17) is 11.5 Å². The van der Waals surface area contributed by atoms with E-state index in [2.05, 4.69) is 4.90 Å². The van der Waals surface area contributed by atoms with E-state index >= 15 is 0 Å². The molecule has 0 bridgehead atoms. The molecule has 0 radical (unpaired) electrons. The van der Waals surface area contributed by atoms with Crippen LogP contribution < -0.4 is 11.5 Å². The normalized spacial score (nSPS) is 24.8. The number of benzene rings is 1. The van der Waals surface area contributed by atoms with Gasteiger partial charge in [0.2, 0.25) is 5.91 Å². The summed E-state index contributed by atoms with van der Waals surface area (Å²) in [4.78, 5) is 13.5. The molecule has 1 saturated heterocycles. The summed E-state index contributed by atoms with van der Waals surface area (Å²) >= 11 is 0. The van der Waals surface area contributed by atoms with Gasteiger partial charge in [0, 0.05) is 31.2 Å². The van der Waals surface area contributed by atoms with Gasteiger partial charge in [0.15, 0.2) is 0 Å². The minimum atomic E-state index is -0.367. The molecule has 2 fully saturated rings. The van der Waals surface area contributed by atoms with E-state index in [1.165, 1.54) is 24.8 Å². The zero-order valence-corrected chi connectivity index (χ0v) is 11.8.